The second-order valence-corrected chi connectivity index (χ2v) is 8.12. The molecule has 2 fully saturated rings. The zero-order chi connectivity index (χ0) is 21.5. The number of hydrogen-bond acceptors (Lipinski definition) is 4. The maximum atomic E-state index is 13.1. The highest BCUT2D eigenvalue weighted by molar-refractivity contribution is 6.04. The van der Waals surface area contributed by atoms with Crippen LogP contribution in [-0.2, 0) is 4.79 Å². The van der Waals surface area contributed by atoms with Gasteiger partial charge in [0.15, 0.2) is 0 Å². The summed E-state index contributed by atoms with van der Waals surface area (Å²) in [4.78, 5) is 48.4. The Balaban J connectivity index is 1.35. The van der Waals surface area contributed by atoms with Gasteiger partial charge in [-0.2, -0.15) is 0 Å². The molecule has 8 nitrogen and oxygen atoms in total. The number of carbonyl (C=O) groups is 3. The summed E-state index contributed by atoms with van der Waals surface area (Å²) in [5, 5.41) is 0. The van der Waals surface area contributed by atoms with E-state index >= 15 is 0 Å². The molecule has 1 aliphatic carbocycles. The van der Waals surface area contributed by atoms with Gasteiger partial charge >= 0.3 is 0 Å². The van der Waals surface area contributed by atoms with Crippen molar-refractivity contribution in [1.82, 2.24) is 19.8 Å². The summed E-state index contributed by atoms with van der Waals surface area (Å²) in [6.07, 6.45) is 1.99. The minimum absolute atomic E-state index is 0.0608. The number of imidazole rings is 1. The van der Waals surface area contributed by atoms with Crippen molar-refractivity contribution in [2.24, 2.45) is 11.7 Å². The first-order valence-electron chi connectivity index (χ1n) is 10.5. The van der Waals surface area contributed by atoms with Crippen molar-refractivity contribution in [3.05, 3.63) is 53.6 Å². The van der Waals surface area contributed by atoms with Crippen molar-refractivity contribution in [2.75, 3.05) is 26.2 Å². The Kier molecular flexibility index (Phi) is 4.69. The molecule has 3 amide bonds. The van der Waals surface area contributed by atoms with Crippen LogP contribution in [0.4, 0.5) is 0 Å². The number of primary amides is 1. The summed E-state index contributed by atoms with van der Waals surface area (Å²) in [7, 11) is 0. The lowest BCUT2D eigenvalue weighted by molar-refractivity contribution is -0.134. The average molecular weight is 417 g/mol. The highest BCUT2D eigenvalue weighted by atomic mass is 16.2. The molecule has 2 heterocycles. The zero-order valence-corrected chi connectivity index (χ0v) is 17.0. The third-order valence-electron chi connectivity index (χ3n) is 5.97. The Morgan fingerprint density at radius 2 is 1.68 bits per heavy atom. The molecule has 3 N–H and O–H groups in total. The summed E-state index contributed by atoms with van der Waals surface area (Å²) in [5.41, 5.74) is 8.34. The monoisotopic (exact) mass is 417 g/mol. The predicted molar refractivity (Wildman–Crippen MR) is 115 cm³/mol. The van der Waals surface area contributed by atoms with Gasteiger partial charge in [-0.25, -0.2) is 4.98 Å². The van der Waals surface area contributed by atoms with Crippen molar-refractivity contribution >= 4 is 28.8 Å². The second-order valence-electron chi connectivity index (χ2n) is 8.12. The quantitative estimate of drug-likeness (QED) is 0.676. The maximum Gasteiger partial charge on any atom is 0.253 e. The zero-order valence-electron chi connectivity index (χ0n) is 17.0. The number of amides is 3. The first-order chi connectivity index (χ1) is 15.0. The van der Waals surface area contributed by atoms with Gasteiger partial charge in [-0.15, -0.1) is 0 Å². The normalized spacial score (nSPS) is 16.5. The number of aromatic amines is 1. The van der Waals surface area contributed by atoms with Gasteiger partial charge in [0.1, 0.15) is 11.3 Å². The lowest BCUT2D eigenvalue weighted by atomic mass is 10.1. The first-order valence-corrected chi connectivity index (χ1v) is 10.5. The molecular formula is C23H23N5O3. The molecular weight excluding hydrogens is 394 g/mol. The summed E-state index contributed by atoms with van der Waals surface area (Å²) in [6, 6.07) is 12.5. The minimum atomic E-state index is -0.535. The molecule has 0 atom stereocenters. The lowest BCUT2D eigenvalue weighted by Crippen LogP contribution is -2.51. The fourth-order valence-corrected chi connectivity index (χ4v) is 4.07. The van der Waals surface area contributed by atoms with Gasteiger partial charge in [0, 0.05) is 43.2 Å². The van der Waals surface area contributed by atoms with Crippen molar-refractivity contribution in [2.45, 2.75) is 12.8 Å². The van der Waals surface area contributed by atoms with Gasteiger partial charge < -0.3 is 20.5 Å². The third kappa shape index (κ3) is 3.65. The van der Waals surface area contributed by atoms with Gasteiger partial charge in [-0.1, -0.05) is 18.2 Å². The Morgan fingerprint density at radius 1 is 0.968 bits per heavy atom. The molecule has 1 saturated heterocycles. The van der Waals surface area contributed by atoms with Gasteiger partial charge in [-0.3, -0.25) is 14.4 Å². The molecule has 1 aliphatic heterocycles. The van der Waals surface area contributed by atoms with Crippen molar-refractivity contribution in [1.29, 1.82) is 0 Å². The van der Waals surface area contributed by atoms with Crippen LogP contribution in [0.1, 0.15) is 33.6 Å². The number of para-hydroxylation sites is 1. The molecule has 31 heavy (non-hydrogen) atoms. The molecule has 1 saturated carbocycles. The Bertz CT molecular complexity index is 1190. The number of rotatable bonds is 4. The number of aromatic nitrogens is 2. The number of carbonyl (C=O) groups excluding carboxylic acids is 3. The number of hydrogen-bond donors (Lipinski definition) is 2. The number of nitrogens with two attached hydrogens (primary N) is 1. The molecule has 0 spiro atoms. The smallest absolute Gasteiger partial charge is 0.253 e. The molecule has 3 aromatic rings. The van der Waals surface area contributed by atoms with E-state index < -0.39 is 5.91 Å². The number of nitrogens with one attached hydrogen (secondary N) is 1. The molecule has 2 aliphatic rings. The number of nitrogens with zero attached hydrogens (tertiary/aromatic N) is 3. The van der Waals surface area contributed by atoms with E-state index in [0.29, 0.717) is 54.2 Å². The number of fused-ring (bicyclic) bond motifs is 1. The van der Waals surface area contributed by atoms with E-state index in [-0.39, 0.29) is 17.7 Å². The van der Waals surface area contributed by atoms with E-state index in [4.69, 9.17) is 5.73 Å². The SMILES string of the molecule is NC(=O)c1cccc2[nH]c(-c3cccc(C(=O)N4CCN(C(=O)C5CC5)CC4)c3)nc12. The molecule has 2 aromatic carbocycles. The van der Waals surface area contributed by atoms with E-state index in [9.17, 15) is 14.4 Å². The molecule has 1 aromatic heterocycles. The fourth-order valence-electron chi connectivity index (χ4n) is 4.07. The van der Waals surface area contributed by atoms with E-state index in [0.717, 1.165) is 18.4 Å². The van der Waals surface area contributed by atoms with Crippen LogP contribution in [0.25, 0.3) is 22.4 Å². The summed E-state index contributed by atoms with van der Waals surface area (Å²) >= 11 is 0. The van der Waals surface area contributed by atoms with E-state index in [1.165, 1.54) is 0 Å². The van der Waals surface area contributed by atoms with E-state index in [1.807, 2.05) is 23.1 Å². The Labute approximate surface area is 179 Å². The molecule has 0 unspecified atom stereocenters. The van der Waals surface area contributed by atoms with Crippen LogP contribution < -0.4 is 5.73 Å². The van der Waals surface area contributed by atoms with Gasteiger partial charge in [0.25, 0.3) is 11.8 Å². The largest absolute Gasteiger partial charge is 0.366 e. The van der Waals surface area contributed by atoms with E-state index in [2.05, 4.69) is 9.97 Å². The number of H-pyrrole nitrogens is 1. The highest BCUT2D eigenvalue weighted by Crippen LogP contribution is 2.31. The number of piperazine rings is 1. The molecule has 8 heteroatoms. The van der Waals surface area contributed by atoms with Gasteiger partial charge in [0.05, 0.1) is 11.1 Å². The maximum absolute atomic E-state index is 13.1. The second kappa shape index (κ2) is 7.54. The summed E-state index contributed by atoms with van der Waals surface area (Å²) < 4.78 is 0. The third-order valence-corrected chi connectivity index (χ3v) is 5.97. The van der Waals surface area contributed by atoms with Gasteiger partial charge in [0.2, 0.25) is 5.91 Å². The van der Waals surface area contributed by atoms with Crippen molar-refractivity contribution in [3.8, 4) is 11.4 Å². The van der Waals surface area contributed by atoms with Crippen LogP contribution in [0.15, 0.2) is 42.5 Å². The fraction of sp³-hybridized carbons (Fsp3) is 0.304. The van der Waals surface area contributed by atoms with Crippen LogP contribution in [0.3, 0.4) is 0 Å². The predicted octanol–water partition coefficient (Wildman–Crippen LogP) is 2.02. The van der Waals surface area contributed by atoms with Crippen LogP contribution in [0.2, 0.25) is 0 Å². The standard InChI is InChI=1S/C23H23N5O3/c24-20(29)17-5-2-6-18-19(17)26-21(25-18)15-3-1-4-16(13-15)23(31)28-11-9-27(10-12-28)22(30)14-7-8-14/h1-6,13-14H,7-12H2,(H2,24,29)(H,25,26). The summed E-state index contributed by atoms with van der Waals surface area (Å²) in [6.45, 7) is 2.24. The minimum Gasteiger partial charge on any atom is -0.366 e. The van der Waals surface area contributed by atoms with Gasteiger partial charge in [-0.05, 0) is 37.1 Å². The van der Waals surface area contributed by atoms with Crippen LogP contribution in [0.5, 0.6) is 0 Å². The Morgan fingerprint density at radius 3 is 2.39 bits per heavy atom. The number of benzene rings is 2. The highest BCUT2D eigenvalue weighted by Gasteiger charge is 2.35. The molecule has 0 radical (unpaired) electrons. The lowest BCUT2D eigenvalue weighted by Gasteiger charge is -2.35. The van der Waals surface area contributed by atoms with Crippen molar-refractivity contribution < 1.29 is 14.4 Å². The average Bonchev–Trinajstić information content (AvgIpc) is 3.55. The van der Waals surface area contributed by atoms with Crippen LogP contribution >= 0.6 is 0 Å². The molecule has 0 bridgehead atoms. The van der Waals surface area contributed by atoms with Crippen molar-refractivity contribution in [3.63, 3.8) is 0 Å². The molecule has 158 valence electrons. The molecule has 5 rings (SSSR count). The Hall–Kier alpha value is -3.68. The topological polar surface area (TPSA) is 112 Å². The van der Waals surface area contributed by atoms with Crippen LogP contribution in [0, 0.1) is 5.92 Å². The summed E-state index contributed by atoms with van der Waals surface area (Å²) in [5.74, 6) is 0.409. The first kappa shape index (κ1) is 19.3. The van der Waals surface area contributed by atoms with Crippen LogP contribution in [-0.4, -0.2) is 63.7 Å². The van der Waals surface area contributed by atoms with E-state index in [1.54, 1.807) is 29.2 Å².